The Kier molecular flexibility index (Phi) is 3.19. The van der Waals surface area contributed by atoms with Crippen LogP contribution in [-0.4, -0.2) is 21.3 Å². The summed E-state index contributed by atoms with van der Waals surface area (Å²) < 4.78 is 11.0. The summed E-state index contributed by atoms with van der Waals surface area (Å²) in [6, 6.07) is 0. The second-order valence-electron chi connectivity index (χ2n) is 3.70. The van der Waals surface area contributed by atoms with Crippen molar-refractivity contribution in [2.75, 3.05) is 18.2 Å². The molecule has 0 aromatic carbocycles. The van der Waals surface area contributed by atoms with Crippen molar-refractivity contribution in [1.29, 1.82) is 0 Å². The van der Waals surface area contributed by atoms with E-state index in [1.807, 2.05) is 20.2 Å². The van der Waals surface area contributed by atoms with E-state index in [1.54, 1.807) is 11.8 Å². The number of ether oxygens (including phenoxy) is 1. The number of hydrogen-bond donors (Lipinski definition) is 2. The molecule has 0 spiro atoms. The average molecular weight is 253 g/mol. The molecule has 0 aliphatic rings. The maximum atomic E-state index is 5.67. The Bertz CT molecular complexity index is 519. The highest BCUT2D eigenvalue weighted by atomic mass is 32.1. The third-order valence-electron chi connectivity index (χ3n) is 2.43. The summed E-state index contributed by atoms with van der Waals surface area (Å²) in [5.41, 5.74) is 7.82. The standard InChI is InChI=1S/C10H15N5OS/c1-6-7(5-15(2)13-6)4-12-10-8(16-3)9(11)14-17-10/h5,12H,4H2,1-3H3,(H2,11,14). The first-order valence-electron chi connectivity index (χ1n) is 5.14. The second-order valence-corrected chi connectivity index (χ2v) is 4.47. The number of aromatic nitrogens is 3. The Morgan fingerprint density at radius 1 is 1.59 bits per heavy atom. The van der Waals surface area contributed by atoms with Crippen molar-refractivity contribution in [2.45, 2.75) is 13.5 Å². The van der Waals surface area contributed by atoms with Crippen LogP contribution < -0.4 is 15.8 Å². The Balaban J connectivity index is 2.09. The average Bonchev–Trinajstić information content (AvgIpc) is 2.79. The van der Waals surface area contributed by atoms with Crippen LogP contribution in [0.3, 0.4) is 0 Å². The lowest BCUT2D eigenvalue weighted by Crippen LogP contribution is -2.00. The van der Waals surface area contributed by atoms with Gasteiger partial charge in [0, 0.05) is 25.4 Å². The van der Waals surface area contributed by atoms with Crippen molar-refractivity contribution >= 4 is 22.4 Å². The van der Waals surface area contributed by atoms with Crippen molar-refractivity contribution in [3.05, 3.63) is 17.5 Å². The number of nitrogens with one attached hydrogen (secondary N) is 1. The molecule has 2 aromatic heterocycles. The predicted molar refractivity (Wildman–Crippen MR) is 68.4 cm³/mol. The molecular formula is C10H15N5OS. The molecule has 0 fully saturated rings. The first-order valence-corrected chi connectivity index (χ1v) is 5.91. The van der Waals surface area contributed by atoms with Gasteiger partial charge in [-0.25, -0.2) is 0 Å². The third-order valence-corrected chi connectivity index (χ3v) is 3.23. The van der Waals surface area contributed by atoms with Gasteiger partial charge < -0.3 is 15.8 Å². The molecule has 0 saturated carbocycles. The highest BCUT2D eigenvalue weighted by molar-refractivity contribution is 7.11. The zero-order valence-corrected chi connectivity index (χ0v) is 10.8. The minimum Gasteiger partial charge on any atom is -0.490 e. The zero-order chi connectivity index (χ0) is 12.4. The van der Waals surface area contributed by atoms with Crippen molar-refractivity contribution in [1.82, 2.24) is 14.2 Å². The molecule has 3 N–H and O–H groups in total. The van der Waals surface area contributed by atoms with E-state index in [4.69, 9.17) is 10.5 Å². The molecule has 0 aliphatic carbocycles. The molecule has 0 aliphatic heterocycles. The molecule has 0 unspecified atom stereocenters. The number of rotatable bonds is 4. The number of anilines is 2. The highest BCUT2D eigenvalue weighted by Gasteiger charge is 2.12. The van der Waals surface area contributed by atoms with E-state index >= 15 is 0 Å². The van der Waals surface area contributed by atoms with Crippen molar-refractivity contribution in [2.24, 2.45) is 7.05 Å². The van der Waals surface area contributed by atoms with Gasteiger partial charge in [0.25, 0.3) is 0 Å². The number of hydrogen-bond acceptors (Lipinski definition) is 6. The van der Waals surface area contributed by atoms with E-state index < -0.39 is 0 Å². The summed E-state index contributed by atoms with van der Waals surface area (Å²) in [7, 11) is 3.49. The Labute approximate surface area is 104 Å². The van der Waals surface area contributed by atoms with E-state index in [1.165, 1.54) is 11.5 Å². The molecule has 0 radical (unpaired) electrons. The van der Waals surface area contributed by atoms with Gasteiger partial charge in [0.05, 0.1) is 12.8 Å². The molecule has 2 heterocycles. The van der Waals surface area contributed by atoms with Crippen LogP contribution in [0.2, 0.25) is 0 Å². The number of methoxy groups -OCH3 is 1. The fourth-order valence-electron chi connectivity index (χ4n) is 1.60. The fourth-order valence-corrected chi connectivity index (χ4v) is 2.28. The van der Waals surface area contributed by atoms with E-state index in [2.05, 4.69) is 14.8 Å². The SMILES string of the molecule is COc1c(N)nsc1NCc1cn(C)nc1C. The molecule has 0 bridgehead atoms. The number of nitrogens with two attached hydrogens (primary N) is 1. The van der Waals surface area contributed by atoms with Crippen molar-refractivity contribution in [3.8, 4) is 5.75 Å². The summed E-state index contributed by atoms with van der Waals surface area (Å²) in [6.07, 6.45) is 1.99. The van der Waals surface area contributed by atoms with Crippen LogP contribution in [-0.2, 0) is 13.6 Å². The fraction of sp³-hybridized carbons (Fsp3) is 0.400. The van der Waals surface area contributed by atoms with Crippen LogP contribution >= 0.6 is 11.5 Å². The summed E-state index contributed by atoms with van der Waals surface area (Å²) in [4.78, 5) is 0. The van der Waals surface area contributed by atoms with E-state index in [-0.39, 0.29) is 0 Å². The first-order chi connectivity index (χ1) is 8.11. The Morgan fingerprint density at radius 3 is 2.94 bits per heavy atom. The topological polar surface area (TPSA) is 78.0 Å². The third kappa shape index (κ3) is 2.33. The van der Waals surface area contributed by atoms with Gasteiger partial charge in [0.2, 0.25) is 0 Å². The summed E-state index contributed by atoms with van der Waals surface area (Å²) in [5, 5.41) is 8.37. The highest BCUT2D eigenvalue weighted by Crippen LogP contribution is 2.34. The molecule has 6 nitrogen and oxygen atoms in total. The van der Waals surface area contributed by atoms with E-state index in [0.717, 1.165) is 16.3 Å². The minimum atomic E-state index is 0.419. The maximum absolute atomic E-state index is 5.67. The maximum Gasteiger partial charge on any atom is 0.197 e. The van der Waals surface area contributed by atoms with Crippen LogP contribution in [0.5, 0.6) is 5.75 Å². The van der Waals surface area contributed by atoms with Crippen LogP contribution in [0.25, 0.3) is 0 Å². The molecule has 0 saturated heterocycles. The molecule has 2 rings (SSSR count). The Morgan fingerprint density at radius 2 is 2.35 bits per heavy atom. The predicted octanol–water partition coefficient (Wildman–Crippen LogP) is 1.39. The summed E-state index contributed by atoms with van der Waals surface area (Å²) in [6.45, 7) is 2.66. The van der Waals surface area contributed by atoms with Gasteiger partial charge in [-0.15, -0.1) is 0 Å². The molecule has 92 valence electrons. The first kappa shape index (κ1) is 11.7. The molecule has 7 heteroatoms. The molecule has 0 atom stereocenters. The zero-order valence-electron chi connectivity index (χ0n) is 10.0. The normalized spacial score (nSPS) is 10.5. The number of aryl methyl sites for hydroxylation is 2. The van der Waals surface area contributed by atoms with Crippen molar-refractivity contribution < 1.29 is 4.74 Å². The lowest BCUT2D eigenvalue weighted by Gasteiger charge is -2.04. The molecule has 0 amide bonds. The van der Waals surface area contributed by atoms with E-state index in [9.17, 15) is 0 Å². The van der Waals surface area contributed by atoms with Gasteiger partial charge >= 0.3 is 0 Å². The smallest absolute Gasteiger partial charge is 0.197 e. The van der Waals surface area contributed by atoms with Gasteiger partial charge in [0.1, 0.15) is 0 Å². The van der Waals surface area contributed by atoms with E-state index in [0.29, 0.717) is 18.1 Å². The lowest BCUT2D eigenvalue weighted by atomic mass is 10.2. The second kappa shape index (κ2) is 4.62. The quantitative estimate of drug-likeness (QED) is 0.861. The van der Waals surface area contributed by atoms with Gasteiger partial charge in [-0.05, 0) is 18.5 Å². The van der Waals surface area contributed by atoms with Crippen LogP contribution in [0, 0.1) is 6.92 Å². The lowest BCUT2D eigenvalue weighted by molar-refractivity contribution is 0.419. The van der Waals surface area contributed by atoms with Gasteiger partial charge in [-0.3, -0.25) is 4.68 Å². The number of nitrogen functional groups attached to an aromatic ring is 1. The molecule has 17 heavy (non-hydrogen) atoms. The molecular weight excluding hydrogens is 238 g/mol. The van der Waals surface area contributed by atoms with Crippen LogP contribution in [0.15, 0.2) is 6.20 Å². The van der Waals surface area contributed by atoms with Gasteiger partial charge in [-0.1, -0.05) is 0 Å². The number of nitrogens with zero attached hydrogens (tertiary/aromatic N) is 3. The summed E-state index contributed by atoms with van der Waals surface area (Å²) in [5.74, 6) is 1.03. The summed E-state index contributed by atoms with van der Waals surface area (Å²) >= 11 is 1.29. The molecule has 2 aromatic rings. The monoisotopic (exact) mass is 253 g/mol. The minimum absolute atomic E-state index is 0.419. The van der Waals surface area contributed by atoms with Gasteiger partial charge in [-0.2, -0.15) is 9.47 Å². The van der Waals surface area contributed by atoms with Crippen LogP contribution in [0.4, 0.5) is 10.8 Å². The Hall–Kier alpha value is -1.76. The van der Waals surface area contributed by atoms with Gasteiger partial charge in [0.15, 0.2) is 16.6 Å². The van der Waals surface area contributed by atoms with Crippen molar-refractivity contribution in [3.63, 3.8) is 0 Å². The largest absolute Gasteiger partial charge is 0.490 e. The van der Waals surface area contributed by atoms with Crippen LogP contribution in [0.1, 0.15) is 11.3 Å².